The number of likely N-dealkylation sites (tertiary alicyclic amines) is 1. The molecule has 1 aromatic heterocycles. The molecule has 0 amide bonds. The van der Waals surface area contributed by atoms with Crippen LogP contribution in [0.15, 0.2) is 5.38 Å². The fourth-order valence-electron chi connectivity index (χ4n) is 2.61. The van der Waals surface area contributed by atoms with Crippen molar-refractivity contribution in [2.75, 3.05) is 13.1 Å². The Morgan fingerprint density at radius 2 is 2.24 bits per heavy atom. The summed E-state index contributed by atoms with van der Waals surface area (Å²) >= 11 is 1.75. The number of nitrogens with zero attached hydrogens (tertiary/aromatic N) is 2. The Hall–Kier alpha value is -0.450. The number of rotatable bonds is 4. The summed E-state index contributed by atoms with van der Waals surface area (Å²) in [6.07, 6.45) is 2.44. The maximum absolute atomic E-state index is 10.2. The monoisotopic (exact) mass is 252 g/mol. The highest BCUT2D eigenvalue weighted by molar-refractivity contribution is 7.09. The fourth-order valence-corrected chi connectivity index (χ4v) is 3.43. The van der Waals surface area contributed by atoms with Crippen LogP contribution in [0, 0.1) is 5.92 Å². The minimum Gasteiger partial charge on any atom is -0.387 e. The fraction of sp³-hybridized carbons (Fsp3) is 0.769. The third-order valence-electron chi connectivity index (χ3n) is 3.78. The van der Waals surface area contributed by atoms with Crippen molar-refractivity contribution in [1.29, 1.82) is 0 Å². The van der Waals surface area contributed by atoms with E-state index in [2.05, 4.69) is 29.1 Å². The van der Waals surface area contributed by atoms with Crippen LogP contribution in [0.1, 0.15) is 43.3 Å². The summed E-state index contributed by atoms with van der Waals surface area (Å²) in [5.41, 5.74) is 0.799. The van der Waals surface area contributed by atoms with Crippen LogP contribution in [0.25, 0.3) is 0 Å². The van der Waals surface area contributed by atoms with Crippen molar-refractivity contribution in [2.24, 2.45) is 5.92 Å². The van der Waals surface area contributed by atoms with Crippen molar-refractivity contribution in [3.05, 3.63) is 16.1 Å². The van der Waals surface area contributed by atoms with E-state index in [1.807, 2.05) is 0 Å². The quantitative estimate of drug-likeness (QED) is 0.892. The largest absolute Gasteiger partial charge is 0.387 e. The molecule has 0 atom stereocenters. The molecule has 2 heterocycles. The van der Waals surface area contributed by atoms with E-state index in [0.29, 0.717) is 11.8 Å². The van der Waals surface area contributed by atoms with Gasteiger partial charge in [0, 0.05) is 30.9 Å². The van der Waals surface area contributed by atoms with E-state index in [-0.39, 0.29) is 5.60 Å². The third kappa shape index (κ3) is 2.26. The normalized spacial score (nSPS) is 24.0. The van der Waals surface area contributed by atoms with Gasteiger partial charge in [-0.25, -0.2) is 4.98 Å². The lowest BCUT2D eigenvalue weighted by Crippen LogP contribution is -2.62. The maximum Gasteiger partial charge on any atom is 0.0954 e. The van der Waals surface area contributed by atoms with Crippen molar-refractivity contribution in [1.82, 2.24) is 9.88 Å². The van der Waals surface area contributed by atoms with Crippen LogP contribution < -0.4 is 0 Å². The van der Waals surface area contributed by atoms with Gasteiger partial charge in [-0.15, -0.1) is 11.3 Å². The molecule has 0 bridgehead atoms. The van der Waals surface area contributed by atoms with Gasteiger partial charge in [0.25, 0.3) is 0 Å². The molecular weight excluding hydrogens is 232 g/mol. The van der Waals surface area contributed by atoms with Crippen molar-refractivity contribution < 1.29 is 5.11 Å². The van der Waals surface area contributed by atoms with Gasteiger partial charge in [0.2, 0.25) is 0 Å². The first-order valence-electron chi connectivity index (χ1n) is 6.46. The molecule has 17 heavy (non-hydrogen) atoms. The van der Waals surface area contributed by atoms with E-state index >= 15 is 0 Å². The van der Waals surface area contributed by atoms with E-state index in [9.17, 15) is 5.11 Å². The average Bonchev–Trinajstić information content (AvgIpc) is 2.97. The van der Waals surface area contributed by atoms with E-state index in [1.165, 1.54) is 17.8 Å². The smallest absolute Gasteiger partial charge is 0.0954 e. The van der Waals surface area contributed by atoms with Crippen molar-refractivity contribution in [3.8, 4) is 0 Å². The second-order valence-corrected chi connectivity index (χ2v) is 6.74. The Labute approximate surface area is 106 Å². The molecule has 3 rings (SSSR count). The Bertz CT molecular complexity index is 405. The van der Waals surface area contributed by atoms with Crippen LogP contribution >= 0.6 is 11.3 Å². The van der Waals surface area contributed by atoms with E-state index in [4.69, 9.17) is 0 Å². The van der Waals surface area contributed by atoms with Crippen molar-refractivity contribution in [3.63, 3.8) is 0 Å². The Morgan fingerprint density at radius 1 is 1.53 bits per heavy atom. The van der Waals surface area contributed by atoms with Gasteiger partial charge in [-0.2, -0.15) is 0 Å². The standard InChI is InChI=1S/C13H20N2OS/c1-9(2)12-14-11(6-17-12)5-15-7-13(16,8-15)10-3-4-10/h6,9-10,16H,3-5,7-8H2,1-2H3. The Morgan fingerprint density at radius 3 is 2.76 bits per heavy atom. The van der Waals surface area contributed by atoms with Gasteiger partial charge in [0.1, 0.15) is 0 Å². The predicted molar refractivity (Wildman–Crippen MR) is 69.2 cm³/mol. The highest BCUT2D eigenvalue weighted by Gasteiger charge is 2.51. The molecule has 1 aliphatic heterocycles. The molecule has 1 saturated carbocycles. The van der Waals surface area contributed by atoms with Crippen molar-refractivity contribution in [2.45, 2.75) is 44.8 Å². The minimum atomic E-state index is -0.364. The summed E-state index contributed by atoms with van der Waals surface area (Å²) in [7, 11) is 0. The molecule has 94 valence electrons. The summed E-state index contributed by atoms with van der Waals surface area (Å²) < 4.78 is 0. The lowest BCUT2D eigenvalue weighted by Gasteiger charge is -2.46. The molecule has 2 fully saturated rings. The second kappa shape index (κ2) is 4.04. The van der Waals surface area contributed by atoms with E-state index in [1.54, 1.807) is 11.3 Å². The van der Waals surface area contributed by atoms with Crippen LogP contribution in [-0.2, 0) is 6.54 Å². The Kier molecular flexibility index (Phi) is 2.76. The van der Waals surface area contributed by atoms with Crippen LogP contribution in [-0.4, -0.2) is 33.7 Å². The zero-order valence-electron chi connectivity index (χ0n) is 10.5. The zero-order chi connectivity index (χ0) is 12.0. The lowest BCUT2D eigenvalue weighted by atomic mass is 9.89. The predicted octanol–water partition coefficient (Wildman–Crippen LogP) is 2.22. The number of aliphatic hydroxyl groups is 1. The van der Waals surface area contributed by atoms with Gasteiger partial charge in [-0.05, 0) is 18.8 Å². The van der Waals surface area contributed by atoms with Crippen LogP contribution in [0.2, 0.25) is 0 Å². The number of thiazole rings is 1. The second-order valence-electron chi connectivity index (χ2n) is 5.85. The molecule has 2 aliphatic rings. The first kappa shape index (κ1) is 11.6. The zero-order valence-corrected chi connectivity index (χ0v) is 11.3. The number of hydrogen-bond donors (Lipinski definition) is 1. The maximum atomic E-state index is 10.2. The number of β-amino-alcohol motifs (C(OH)–C–C–N with tert-alkyl or cyclic N) is 1. The molecule has 0 unspecified atom stereocenters. The highest BCUT2D eigenvalue weighted by Crippen LogP contribution is 2.44. The Balaban J connectivity index is 1.54. The molecule has 1 saturated heterocycles. The van der Waals surface area contributed by atoms with Crippen LogP contribution in [0.4, 0.5) is 0 Å². The highest BCUT2D eigenvalue weighted by atomic mass is 32.1. The average molecular weight is 252 g/mol. The molecule has 0 spiro atoms. The third-order valence-corrected chi connectivity index (χ3v) is 4.98. The number of aromatic nitrogens is 1. The summed E-state index contributed by atoms with van der Waals surface area (Å²) in [6.45, 7) is 6.94. The molecule has 4 heteroatoms. The van der Waals surface area contributed by atoms with Gasteiger partial charge < -0.3 is 5.11 Å². The van der Waals surface area contributed by atoms with Gasteiger partial charge in [-0.3, -0.25) is 4.90 Å². The first-order chi connectivity index (χ1) is 8.07. The number of hydrogen-bond acceptors (Lipinski definition) is 4. The molecule has 3 nitrogen and oxygen atoms in total. The van der Waals surface area contributed by atoms with E-state index < -0.39 is 0 Å². The van der Waals surface area contributed by atoms with Gasteiger partial charge >= 0.3 is 0 Å². The van der Waals surface area contributed by atoms with E-state index in [0.717, 1.165) is 25.3 Å². The molecule has 1 N–H and O–H groups in total. The van der Waals surface area contributed by atoms with Gasteiger partial charge in [0.05, 0.1) is 16.3 Å². The molecule has 1 aliphatic carbocycles. The minimum absolute atomic E-state index is 0.364. The first-order valence-corrected chi connectivity index (χ1v) is 7.34. The summed E-state index contributed by atoms with van der Waals surface area (Å²) in [5.74, 6) is 1.11. The molecule has 1 aromatic rings. The molecular formula is C13H20N2OS. The van der Waals surface area contributed by atoms with Crippen LogP contribution in [0.5, 0.6) is 0 Å². The molecule has 0 radical (unpaired) electrons. The van der Waals surface area contributed by atoms with Crippen LogP contribution in [0.3, 0.4) is 0 Å². The topological polar surface area (TPSA) is 36.4 Å². The van der Waals surface area contributed by atoms with Gasteiger partial charge in [0.15, 0.2) is 0 Å². The van der Waals surface area contributed by atoms with Gasteiger partial charge in [-0.1, -0.05) is 13.8 Å². The lowest BCUT2D eigenvalue weighted by molar-refractivity contribution is -0.116. The summed E-state index contributed by atoms with van der Waals surface area (Å²) in [6, 6.07) is 0. The summed E-state index contributed by atoms with van der Waals surface area (Å²) in [4.78, 5) is 6.94. The summed E-state index contributed by atoms with van der Waals surface area (Å²) in [5, 5.41) is 13.6. The van der Waals surface area contributed by atoms with Crippen molar-refractivity contribution >= 4 is 11.3 Å². The molecule has 0 aromatic carbocycles. The SMILES string of the molecule is CC(C)c1nc(CN2CC(O)(C3CC3)C2)cs1.